The summed E-state index contributed by atoms with van der Waals surface area (Å²) in [7, 11) is 0. The number of thiophene rings is 1. The molecule has 2 aromatic heterocycles. The highest BCUT2D eigenvalue weighted by molar-refractivity contribution is 7.20. The lowest BCUT2D eigenvalue weighted by molar-refractivity contribution is 0.0937. The van der Waals surface area contributed by atoms with Crippen molar-refractivity contribution in [1.82, 2.24) is 15.6 Å². The van der Waals surface area contributed by atoms with Gasteiger partial charge in [0.2, 0.25) is 0 Å². The van der Waals surface area contributed by atoms with Gasteiger partial charge in [0.15, 0.2) is 0 Å². The zero-order valence-corrected chi connectivity index (χ0v) is 14.6. The third-order valence-electron chi connectivity index (χ3n) is 4.01. The van der Waals surface area contributed by atoms with Crippen LogP contribution in [0.2, 0.25) is 0 Å². The molecule has 0 aromatic carbocycles. The summed E-state index contributed by atoms with van der Waals surface area (Å²) in [4.78, 5) is 29.1. The van der Waals surface area contributed by atoms with Crippen LogP contribution < -0.4 is 21.7 Å². The molecule has 1 fully saturated rings. The van der Waals surface area contributed by atoms with E-state index in [-0.39, 0.29) is 11.9 Å². The van der Waals surface area contributed by atoms with Crippen LogP contribution in [0.4, 0.5) is 9.80 Å². The molecule has 5 N–H and O–H groups in total. The van der Waals surface area contributed by atoms with Crippen LogP contribution in [0, 0.1) is 0 Å². The third-order valence-corrected chi connectivity index (χ3v) is 5.09. The van der Waals surface area contributed by atoms with Crippen molar-refractivity contribution in [3.8, 4) is 10.6 Å². The molecule has 1 aliphatic rings. The molecule has 25 heavy (non-hydrogen) atoms. The highest BCUT2D eigenvalue weighted by atomic mass is 32.1. The fraction of sp³-hybridized carbons (Fsp3) is 0.353. The van der Waals surface area contributed by atoms with Crippen molar-refractivity contribution < 1.29 is 9.59 Å². The molecule has 0 bridgehead atoms. The fourth-order valence-electron chi connectivity index (χ4n) is 2.80. The largest absolute Gasteiger partial charge is 0.351 e. The van der Waals surface area contributed by atoms with E-state index in [2.05, 4.69) is 20.9 Å². The van der Waals surface area contributed by atoms with E-state index in [1.807, 2.05) is 18.2 Å². The Hall–Kier alpha value is -2.45. The lowest BCUT2D eigenvalue weighted by atomic mass is 10.1. The Labute approximate surface area is 150 Å². The van der Waals surface area contributed by atoms with Crippen molar-refractivity contribution in [3.63, 3.8) is 0 Å². The van der Waals surface area contributed by atoms with Crippen LogP contribution in [-0.4, -0.2) is 36.1 Å². The number of nitrogens with one attached hydrogen (secondary N) is 3. The Morgan fingerprint density at radius 3 is 2.96 bits per heavy atom. The quantitative estimate of drug-likeness (QED) is 0.671. The number of primary amides is 1. The zero-order chi connectivity index (χ0) is 17.6. The average Bonchev–Trinajstić information content (AvgIpc) is 2.84. The van der Waals surface area contributed by atoms with Gasteiger partial charge < -0.3 is 16.4 Å². The van der Waals surface area contributed by atoms with Gasteiger partial charge in [-0.2, -0.15) is 0 Å². The molecule has 0 radical (unpaired) electrons. The summed E-state index contributed by atoms with van der Waals surface area (Å²) in [5, 5.41) is 9.35. The molecule has 7 nitrogen and oxygen atoms in total. The number of carbonyl (C=O) groups excluding carboxylic acids is 2. The minimum atomic E-state index is -0.695. The van der Waals surface area contributed by atoms with Gasteiger partial charge in [0.05, 0.1) is 16.1 Å². The number of urea groups is 1. The first kappa shape index (κ1) is 17.4. The Morgan fingerprint density at radius 2 is 2.20 bits per heavy atom. The van der Waals surface area contributed by atoms with Crippen molar-refractivity contribution >= 4 is 28.3 Å². The van der Waals surface area contributed by atoms with Gasteiger partial charge in [-0.1, -0.05) is 12.5 Å². The Morgan fingerprint density at radius 1 is 1.32 bits per heavy atom. The van der Waals surface area contributed by atoms with E-state index in [9.17, 15) is 9.59 Å². The van der Waals surface area contributed by atoms with Gasteiger partial charge in [-0.3, -0.25) is 15.1 Å². The summed E-state index contributed by atoms with van der Waals surface area (Å²) >= 11 is 1.28. The maximum Gasteiger partial charge on any atom is 0.317 e. The number of nitrogens with zero attached hydrogens (tertiary/aromatic N) is 1. The molecule has 1 aliphatic heterocycles. The number of anilines is 1. The first-order chi connectivity index (χ1) is 12.1. The first-order valence-corrected chi connectivity index (χ1v) is 9.08. The highest BCUT2D eigenvalue weighted by Crippen LogP contribution is 2.34. The summed E-state index contributed by atoms with van der Waals surface area (Å²) in [5.41, 5.74) is 6.40. The van der Waals surface area contributed by atoms with E-state index in [0.717, 1.165) is 42.9 Å². The summed E-state index contributed by atoms with van der Waals surface area (Å²) in [6, 6.07) is 6.69. The topological polar surface area (TPSA) is 109 Å². The molecule has 0 unspecified atom stereocenters. The lowest BCUT2D eigenvalue weighted by Gasteiger charge is -2.16. The smallest absolute Gasteiger partial charge is 0.317 e. The average molecular weight is 359 g/mol. The first-order valence-electron chi connectivity index (χ1n) is 8.27. The Kier molecular flexibility index (Phi) is 5.62. The number of nitrogens with two attached hydrogens (primary N) is 1. The van der Waals surface area contributed by atoms with Gasteiger partial charge in [0.1, 0.15) is 5.00 Å². The zero-order valence-electron chi connectivity index (χ0n) is 13.7. The van der Waals surface area contributed by atoms with Crippen LogP contribution in [0.15, 0.2) is 30.5 Å². The van der Waals surface area contributed by atoms with Crippen LogP contribution >= 0.6 is 11.3 Å². The molecule has 0 aliphatic carbocycles. The van der Waals surface area contributed by atoms with Crippen molar-refractivity contribution in [1.29, 1.82) is 0 Å². The van der Waals surface area contributed by atoms with Gasteiger partial charge in [-0.25, -0.2) is 4.79 Å². The van der Waals surface area contributed by atoms with Crippen LogP contribution in [-0.2, 0) is 0 Å². The molecule has 3 amide bonds. The minimum Gasteiger partial charge on any atom is -0.351 e. The molecular formula is C17H21N5O2S. The fourth-order valence-corrected chi connectivity index (χ4v) is 3.84. The van der Waals surface area contributed by atoms with Gasteiger partial charge in [0.25, 0.3) is 5.91 Å². The predicted octanol–water partition coefficient (Wildman–Crippen LogP) is 2.17. The molecule has 2 aromatic rings. The molecule has 3 rings (SSSR count). The second-order valence-electron chi connectivity index (χ2n) is 5.93. The van der Waals surface area contributed by atoms with Crippen LogP contribution in [0.3, 0.4) is 0 Å². The second kappa shape index (κ2) is 8.09. The summed E-state index contributed by atoms with van der Waals surface area (Å²) in [6.45, 7) is 1.73. The predicted molar refractivity (Wildman–Crippen MR) is 98.7 cm³/mol. The molecule has 1 saturated heterocycles. The maximum absolute atomic E-state index is 12.7. The normalized spacial score (nSPS) is 17.5. The second-order valence-corrected chi connectivity index (χ2v) is 6.98. The monoisotopic (exact) mass is 359 g/mol. The highest BCUT2D eigenvalue weighted by Gasteiger charge is 2.21. The van der Waals surface area contributed by atoms with Crippen molar-refractivity contribution in [2.45, 2.75) is 25.3 Å². The summed E-state index contributed by atoms with van der Waals surface area (Å²) < 4.78 is 0. The molecule has 0 spiro atoms. The summed E-state index contributed by atoms with van der Waals surface area (Å²) in [5.74, 6) is -0.212. The Bertz CT molecular complexity index is 739. The van der Waals surface area contributed by atoms with Crippen molar-refractivity contribution in [3.05, 3.63) is 36.0 Å². The van der Waals surface area contributed by atoms with Gasteiger partial charge >= 0.3 is 6.03 Å². The standard InChI is InChI=1S/C17H21N5O2S/c18-17(24)22-16-12(9-14(25-16)13-6-2-4-8-20-13)15(23)21-11-5-1-3-7-19-10-11/h2,4,6,8-9,11,19H,1,3,5,7,10H2,(H,21,23)(H3,18,22,24)/t11-/m0/s1. The lowest BCUT2D eigenvalue weighted by Crippen LogP contribution is -2.41. The minimum absolute atomic E-state index is 0.0784. The van der Waals surface area contributed by atoms with Gasteiger partial charge in [-0.05, 0) is 37.6 Å². The third kappa shape index (κ3) is 4.55. The maximum atomic E-state index is 12.7. The SMILES string of the molecule is NC(=O)Nc1sc(-c2ccccn2)cc1C(=O)N[C@H]1CCCCNC1. The number of hydrogen-bond donors (Lipinski definition) is 4. The van der Waals surface area contributed by atoms with E-state index in [1.165, 1.54) is 11.3 Å². The van der Waals surface area contributed by atoms with E-state index in [4.69, 9.17) is 5.73 Å². The van der Waals surface area contributed by atoms with Crippen LogP contribution in [0.1, 0.15) is 29.6 Å². The molecular weight excluding hydrogens is 338 g/mol. The number of rotatable bonds is 4. The Balaban J connectivity index is 1.83. The molecule has 1 atom stereocenters. The molecule has 0 saturated carbocycles. The van der Waals surface area contributed by atoms with E-state index in [0.29, 0.717) is 10.6 Å². The molecule has 132 valence electrons. The number of hydrogen-bond acceptors (Lipinski definition) is 5. The number of aromatic nitrogens is 1. The molecule has 8 heteroatoms. The van der Waals surface area contributed by atoms with Gasteiger partial charge in [-0.15, -0.1) is 11.3 Å². The van der Waals surface area contributed by atoms with E-state index < -0.39 is 6.03 Å². The van der Waals surface area contributed by atoms with E-state index in [1.54, 1.807) is 12.3 Å². The van der Waals surface area contributed by atoms with Crippen molar-refractivity contribution in [2.24, 2.45) is 5.73 Å². The number of carbonyl (C=O) groups is 2. The number of pyridine rings is 1. The van der Waals surface area contributed by atoms with Crippen LogP contribution in [0.25, 0.3) is 10.6 Å². The van der Waals surface area contributed by atoms with Gasteiger partial charge in [0, 0.05) is 18.8 Å². The molecule has 3 heterocycles. The van der Waals surface area contributed by atoms with Crippen molar-refractivity contribution in [2.75, 3.05) is 18.4 Å². The van der Waals surface area contributed by atoms with Crippen LogP contribution in [0.5, 0.6) is 0 Å². The summed E-state index contributed by atoms with van der Waals surface area (Å²) in [6.07, 6.45) is 4.82. The van der Waals surface area contributed by atoms with E-state index >= 15 is 0 Å². The number of amides is 3.